The van der Waals surface area contributed by atoms with Gasteiger partial charge >= 0.3 is 0 Å². The average Bonchev–Trinajstić information content (AvgIpc) is 2.46. The highest BCUT2D eigenvalue weighted by Crippen LogP contribution is 2.40. The van der Waals surface area contributed by atoms with Crippen molar-refractivity contribution in [3.63, 3.8) is 0 Å². The van der Waals surface area contributed by atoms with E-state index in [-0.39, 0.29) is 12.0 Å². The Bertz CT molecular complexity index is 584. The van der Waals surface area contributed by atoms with Gasteiger partial charge < -0.3 is 10.5 Å². The Kier molecular flexibility index (Phi) is 3.45. The van der Waals surface area contributed by atoms with Gasteiger partial charge in [0.1, 0.15) is 5.75 Å². The van der Waals surface area contributed by atoms with E-state index in [4.69, 9.17) is 22.1 Å². The number of fused-ring (bicyclic) bond motifs is 1. The summed E-state index contributed by atoms with van der Waals surface area (Å²) in [5, 5.41) is 0.730. The van der Waals surface area contributed by atoms with Crippen molar-refractivity contribution >= 4 is 11.6 Å². The zero-order valence-corrected chi connectivity index (χ0v) is 11.3. The van der Waals surface area contributed by atoms with E-state index in [1.54, 1.807) is 0 Å². The number of ether oxygens (including phenoxy) is 1. The van der Waals surface area contributed by atoms with Crippen LogP contribution in [0.15, 0.2) is 48.5 Å². The number of hydrogen-bond acceptors (Lipinski definition) is 2. The minimum Gasteiger partial charge on any atom is -0.493 e. The minimum absolute atomic E-state index is 0.0521. The van der Waals surface area contributed by atoms with Gasteiger partial charge in [-0.1, -0.05) is 41.9 Å². The highest BCUT2D eigenvalue weighted by molar-refractivity contribution is 6.30. The van der Waals surface area contributed by atoms with E-state index in [0.717, 1.165) is 29.4 Å². The van der Waals surface area contributed by atoms with Gasteiger partial charge in [0.25, 0.3) is 0 Å². The van der Waals surface area contributed by atoms with E-state index in [9.17, 15) is 0 Å². The third kappa shape index (κ3) is 2.46. The smallest absolute Gasteiger partial charge is 0.122 e. The van der Waals surface area contributed by atoms with Crippen LogP contribution in [0.4, 0.5) is 0 Å². The first-order valence-electron chi connectivity index (χ1n) is 6.48. The zero-order valence-electron chi connectivity index (χ0n) is 10.6. The van der Waals surface area contributed by atoms with Gasteiger partial charge in [-0.25, -0.2) is 0 Å². The SMILES string of the molecule is NC(c1cccc(Cl)c1)C1CCOc2ccccc21. The second-order valence-electron chi connectivity index (χ2n) is 4.86. The second-order valence-corrected chi connectivity index (χ2v) is 5.30. The molecular weight excluding hydrogens is 258 g/mol. The largest absolute Gasteiger partial charge is 0.493 e. The summed E-state index contributed by atoms with van der Waals surface area (Å²) in [5.74, 6) is 1.24. The third-order valence-electron chi connectivity index (χ3n) is 3.67. The van der Waals surface area contributed by atoms with Crippen molar-refractivity contribution in [2.45, 2.75) is 18.4 Å². The predicted molar refractivity (Wildman–Crippen MR) is 77.7 cm³/mol. The lowest BCUT2D eigenvalue weighted by molar-refractivity contribution is 0.255. The van der Waals surface area contributed by atoms with Crippen molar-refractivity contribution in [2.24, 2.45) is 5.73 Å². The van der Waals surface area contributed by atoms with Crippen molar-refractivity contribution in [1.82, 2.24) is 0 Å². The van der Waals surface area contributed by atoms with E-state index in [2.05, 4.69) is 6.07 Å². The lowest BCUT2D eigenvalue weighted by atomic mass is 9.84. The summed E-state index contributed by atoms with van der Waals surface area (Å²) in [7, 11) is 0. The fourth-order valence-corrected chi connectivity index (χ4v) is 2.89. The molecule has 0 spiro atoms. The first-order chi connectivity index (χ1) is 9.25. The topological polar surface area (TPSA) is 35.2 Å². The number of nitrogens with two attached hydrogens (primary N) is 1. The molecule has 3 heteroatoms. The number of benzene rings is 2. The standard InChI is InChI=1S/C16H16ClNO/c17-12-5-3-4-11(10-12)16(18)14-8-9-19-15-7-2-1-6-13(14)15/h1-7,10,14,16H,8-9,18H2. The molecule has 0 fully saturated rings. The van der Waals surface area contributed by atoms with Crippen LogP contribution < -0.4 is 10.5 Å². The molecule has 0 saturated carbocycles. The number of hydrogen-bond donors (Lipinski definition) is 1. The molecule has 98 valence electrons. The molecule has 2 N–H and O–H groups in total. The molecule has 1 aliphatic rings. The van der Waals surface area contributed by atoms with Crippen LogP contribution in [0.3, 0.4) is 0 Å². The van der Waals surface area contributed by atoms with Crippen molar-refractivity contribution in [1.29, 1.82) is 0 Å². The van der Waals surface area contributed by atoms with E-state index in [1.807, 2.05) is 42.5 Å². The van der Waals surface area contributed by atoms with Gasteiger partial charge in [0, 0.05) is 17.0 Å². The van der Waals surface area contributed by atoms with Gasteiger partial charge in [-0.15, -0.1) is 0 Å². The normalized spacial score (nSPS) is 19.4. The van der Waals surface area contributed by atoms with Gasteiger partial charge in [0.15, 0.2) is 0 Å². The first-order valence-corrected chi connectivity index (χ1v) is 6.86. The summed E-state index contributed by atoms with van der Waals surface area (Å²) < 4.78 is 5.68. The zero-order chi connectivity index (χ0) is 13.2. The number of rotatable bonds is 2. The minimum atomic E-state index is -0.0521. The Labute approximate surface area is 118 Å². The predicted octanol–water partition coefficient (Wildman–Crippen LogP) is 3.91. The fourth-order valence-electron chi connectivity index (χ4n) is 2.69. The van der Waals surface area contributed by atoms with Gasteiger partial charge in [-0.05, 0) is 35.7 Å². The molecule has 0 aromatic heterocycles. The monoisotopic (exact) mass is 273 g/mol. The molecule has 1 heterocycles. The van der Waals surface area contributed by atoms with Crippen LogP contribution in [0.1, 0.15) is 29.5 Å². The number of para-hydroxylation sites is 1. The molecule has 0 bridgehead atoms. The van der Waals surface area contributed by atoms with Gasteiger partial charge in [0.05, 0.1) is 6.61 Å². The molecule has 19 heavy (non-hydrogen) atoms. The van der Waals surface area contributed by atoms with Crippen molar-refractivity contribution in [3.8, 4) is 5.75 Å². The summed E-state index contributed by atoms with van der Waals surface area (Å²) in [6, 6.07) is 15.9. The average molecular weight is 274 g/mol. The maximum absolute atomic E-state index is 6.44. The Morgan fingerprint density at radius 3 is 2.84 bits per heavy atom. The highest BCUT2D eigenvalue weighted by atomic mass is 35.5. The highest BCUT2D eigenvalue weighted by Gasteiger charge is 2.27. The second kappa shape index (κ2) is 5.24. The molecule has 2 aromatic carbocycles. The van der Waals surface area contributed by atoms with Crippen molar-refractivity contribution in [3.05, 3.63) is 64.7 Å². The van der Waals surface area contributed by atoms with Crippen LogP contribution in [0.25, 0.3) is 0 Å². The van der Waals surface area contributed by atoms with Gasteiger partial charge in [0.2, 0.25) is 0 Å². The molecule has 1 aliphatic heterocycles. The van der Waals surface area contributed by atoms with E-state index in [0.29, 0.717) is 0 Å². The molecule has 3 rings (SSSR count). The quantitative estimate of drug-likeness (QED) is 0.900. The Hall–Kier alpha value is -1.51. The Morgan fingerprint density at radius 2 is 2.00 bits per heavy atom. The molecule has 0 saturated heterocycles. The molecule has 2 atom stereocenters. The van der Waals surface area contributed by atoms with Crippen LogP contribution >= 0.6 is 11.6 Å². The van der Waals surface area contributed by atoms with Crippen molar-refractivity contribution < 1.29 is 4.74 Å². The molecule has 2 aromatic rings. The fraction of sp³-hybridized carbons (Fsp3) is 0.250. The first kappa shape index (κ1) is 12.5. The molecule has 0 amide bonds. The van der Waals surface area contributed by atoms with E-state index >= 15 is 0 Å². The van der Waals surface area contributed by atoms with Gasteiger partial charge in [-0.3, -0.25) is 0 Å². The summed E-state index contributed by atoms with van der Waals surface area (Å²) in [4.78, 5) is 0. The molecule has 0 radical (unpaired) electrons. The van der Waals surface area contributed by atoms with Crippen LogP contribution in [-0.4, -0.2) is 6.61 Å². The lowest BCUT2D eigenvalue weighted by Crippen LogP contribution is -2.25. The number of halogens is 1. The summed E-state index contributed by atoms with van der Waals surface area (Å²) in [6.07, 6.45) is 0.935. The molecular formula is C16H16ClNO. The van der Waals surface area contributed by atoms with Crippen LogP contribution in [-0.2, 0) is 0 Å². The van der Waals surface area contributed by atoms with Crippen LogP contribution in [0.2, 0.25) is 5.02 Å². The van der Waals surface area contributed by atoms with E-state index in [1.165, 1.54) is 5.56 Å². The van der Waals surface area contributed by atoms with Crippen molar-refractivity contribution in [2.75, 3.05) is 6.61 Å². The lowest BCUT2D eigenvalue weighted by Gasteiger charge is -2.30. The molecule has 2 unspecified atom stereocenters. The summed E-state index contributed by atoms with van der Waals surface area (Å²) >= 11 is 6.05. The molecule has 2 nitrogen and oxygen atoms in total. The summed E-state index contributed by atoms with van der Waals surface area (Å²) in [5.41, 5.74) is 8.71. The maximum atomic E-state index is 6.44. The van der Waals surface area contributed by atoms with Crippen LogP contribution in [0.5, 0.6) is 5.75 Å². The van der Waals surface area contributed by atoms with Crippen LogP contribution in [0, 0.1) is 0 Å². The Morgan fingerprint density at radius 1 is 1.16 bits per heavy atom. The van der Waals surface area contributed by atoms with E-state index < -0.39 is 0 Å². The third-order valence-corrected chi connectivity index (χ3v) is 3.91. The summed E-state index contributed by atoms with van der Waals surface area (Å²) in [6.45, 7) is 0.718. The molecule has 0 aliphatic carbocycles. The van der Waals surface area contributed by atoms with Gasteiger partial charge in [-0.2, -0.15) is 0 Å². The maximum Gasteiger partial charge on any atom is 0.122 e. The Balaban J connectivity index is 1.95.